The number of hydrogen-bond donors (Lipinski definition) is 1. The zero-order chi connectivity index (χ0) is 16.4. The molecule has 0 atom stereocenters. The lowest BCUT2D eigenvalue weighted by molar-refractivity contribution is 0.405. The van der Waals surface area contributed by atoms with E-state index in [1.807, 2.05) is 18.3 Å². The normalized spacial score (nSPS) is 15.8. The molecule has 1 aliphatic carbocycles. The minimum Gasteiger partial charge on any atom is -0.506 e. The van der Waals surface area contributed by atoms with E-state index in [1.165, 1.54) is 36.0 Å². The largest absolute Gasteiger partial charge is 0.506 e. The lowest BCUT2D eigenvalue weighted by atomic mass is 9.86. The highest BCUT2D eigenvalue weighted by atomic mass is 16.3. The summed E-state index contributed by atoms with van der Waals surface area (Å²) < 4.78 is 0. The van der Waals surface area contributed by atoms with Crippen molar-refractivity contribution >= 4 is 0 Å². The first-order chi connectivity index (χ1) is 11.1. The molecule has 3 nitrogen and oxygen atoms in total. The first-order valence-electron chi connectivity index (χ1n) is 8.66. The molecule has 23 heavy (non-hydrogen) atoms. The van der Waals surface area contributed by atoms with Crippen LogP contribution in [0.15, 0.2) is 18.3 Å². The predicted molar refractivity (Wildman–Crippen MR) is 93.0 cm³/mol. The van der Waals surface area contributed by atoms with E-state index in [0.717, 1.165) is 36.3 Å². The number of rotatable bonds is 3. The smallest absolute Gasteiger partial charge is 0.137 e. The SMILES string of the molecule is Cc1cnc(C)c(Cc2ccc(O)c(C3CCCCC3)n2)c1C. The molecule has 2 heterocycles. The summed E-state index contributed by atoms with van der Waals surface area (Å²) in [5.74, 6) is 0.776. The third-order valence-corrected chi connectivity index (χ3v) is 5.24. The van der Waals surface area contributed by atoms with Crippen molar-refractivity contribution in [2.45, 2.75) is 65.2 Å². The molecule has 0 spiro atoms. The highest BCUT2D eigenvalue weighted by molar-refractivity contribution is 5.39. The Hall–Kier alpha value is -1.90. The first kappa shape index (κ1) is 16.0. The van der Waals surface area contributed by atoms with E-state index in [-0.39, 0.29) is 0 Å². The molecule has 3 heteroatoms. The van der Waals surface area contributed by atoms with Gasteiger partial charge in [0.15, 0.2) is 0 Å². The van der Waals surface area contributed by atoms with E-state index in [0.29, 0.717) is 11.7 Å². The van der Waals surface area contributed by atoms with E-state index in [9.17, 15) is 5.11 Å². The Balaban J connectivity index is 1.91. The van der Waals surface area contributed by atoms with E-state index in [1.54, 1.807) is 0 Å². The molecule has 0 amide bonds. The maximum absolute atomic E-state index is 10.2. The van der Waals surface area contributed by atoms with Crippen LogP contribution in [0.25, 0.3) is 0 Å². The van der Waals surface area contributed by atoms with E-state index >= 15 is 0 Å². The van der Waals surface area contributed by atoms with Gasteiger partial charge in [0, 0.05) is 29.9 Å². The van der Waals surface area contributed by atoms with Crippen molar-refractivity contribution in [3.05, 3.63) is 52.1 Å². The number of aryl methyl sites for hydroxylation is 2. The Morgan fingerprint density at radius 3 is 2.57 bits per heavy atom. The number of hydrogen-bond acceptors (Lipinski definition) is 3. The van der Waals surface area contributed by atoms with Gasteiger partial charge in [-0.15, -0.1) is 0 Å². The van der Waals surface area contributed by atoms with Crippen LogP contribution in [0.1, 0.15) is 71.8 Å². The summed E-state index contributed by atoms with van der Waals surface area (Å²) in [6.45, 7) is 6.31. The molecule has 0 saturated heterocycles. The first-order valence-corrected chi connectivity index (χ1v) is 8.66. The standard InChI is InChI=1S/C20H26N2O/c1-13-12-21-15(3)18(14(13)2)11-17-9-10-19(23)20(22-17)16-7-5-4-6-8-16/h9-10,12,16,23H,4-8,11H2,1-3H3. The number of aromatic nitrogens is 2. The average molecular weight is 310 g/mol. The minimum atomic E-state index is 0.358. The van der Waals surface area contributed by atoms with Gasteiger partial charge in [-0.1, -0.05) is 19.3 Å². The fourth-order valence-corrected chi connectivity index (χ4v) is 3.60. The van der Waals surface area contributed by atoms with Gasteiger partial charge in [0.25, 0.3) is 0 Å². The van der Waals surface area contributed by atoms with Crippen LogP contribution in [0.3, 0.4) is 0 Å². The summed E-state index contributed by atoms with van der Waals surface area (Å²) in [6, 6.07) is 3.77. The Morgan fingerprint density at radius 2 is 1.83 bits per heavy atom. The minimum absolute atomic E-state index is 0.358. The number of aromatic hydroxyl groups is 1. The molecule has 2 aromatic heterocycles. The van der Waals surface area contributed by atoms with Gasteiger partial charge in [-0.3, -0.25) is 9.97 Å². The van der Waals surface area contributed by atoms with Crippen molar-refractivity contribution in [1.29, 1.82) is 0 Å². The van der Waals surface area contributed by atoms with Gasteiger partial charge in [0.2, 0.25) is 0 Å². The van der Waals surface area contributed by atoms with Crippen molar-refractivity contribution < 1.29 is 5.11 Å². The molecule has 122 valence electrons. The maximum atomic E-state index is 10.2. The van der Waals surface area contributed by atoms with Crippen molar-refractivity contribution in [2.24, 2.45) is 0 Å². The molecular formula is C20H26N2O. The summed E-state index contributed by atoms with van der Waals surface area (Å²) in [7, 11) is 0. The molecule has 0 aromatic carbocycles. The van der Waals surface area contributed by atoms with E-state index < -0.39 is 0 Å². The Labute approximate surface area is 138 Å². The van der Waals surface area contributed by atoms with Crippen LogP contribution in [0, 0.1) is 20.8 Å². The zero-order valence-electron chi connectivity index (χ0n) is 14.4. The molecule has 3 rings (SSSR count). The number of nitrogens with zero attached hydrogens (tertiary/aromatic N) is 2. The van der Waals surface area contributed by atoms with Gasteiger partial charge in [-0.2, -0.15) is 0 Å². The molecule has 1 N–H and O–H groups in total. The van der Waals surface area contributed by atoms with Crippen molar-refractivity contribution in [2.75, 3.05) is 0 Å². The van der Waals surface area contributed by atoms with Crippen molar-refractivity contribution in [3.8, 4) is 5.75 Å². The Kier molecular flexibility index (Phi) is 4.65. The molecular weight excluding hydrogens is 284 g/mol. The number of pyridine rings is 2. The van der Waals surface area contributed by atoms with Crippen molar-refractivity contribution in [3.63, 3.8) is 0 Å². The molecule has 0 unspecified atom stereocenters. The summed E-state index contributed by atoms with van der Waals surface area (Å²) >= 11 is 0. The molecule has 0 aliphatic heterocycles. The fourth-order valence-electron chi connectivity index (χ4n) is 3.60. The van der Waals surface area contributed by atoms with E-state index in [4.69, 9.17) is 4.98 Å². The van der Waals surface area contributed by atoms with Gasteiger partial charge in [0.05, 0.1) is 5.69 Å². The van der Waals surface area contributed by atoms with Crippen molar-refractivity contribution in [1.82, 2.24) is 9.97 Å². The van der Waals surface area contributed by atoms with Gasteiger partial charge in [-0.25, -0.2) is 0 Å². The van der Waals surface area contributed by atoms with Crippen LogP contribution >= 0.6 is 0 Å². The predicted octanol–water partition coefficient (Wildman–Crippen LogP) is 4.75. The van der Waals surface area contributed by atoms with Gasteiger partial charge in [-0.05, 0) is 62.4 Å². The molecule has 0 radical (unpaired) electrons. The molecule has 1 fully saturated rings. The van der Waals surface area contributed by atoms with E-state index in [2.05, 4.69) is 25.8 Å². The van der Waals surface area contributed by atoms with Crippen LogP contribution in [-0.4, -0.2) is 15.1 Å². The molecule has 1 saturated carbocycles. The third-order valence-electron chi connectivity index (χ3n) is 5.24. The Bertz CT molecular complexity index is 703. The Morgan fingerprint density at radius 1 is 1.09 bits per heavy atom. The highest BCUT2D eigenvalue weighted by Crippen LogP contribution is 2.36. The monoisotopic (exact) mass is 310 g/mol. The quantitative estimate of drug-likeness (QED) is 0.890. The topological polar surface area (TPSA) is 46.0 Å². The average Bonchev–Trinajstić information content (AvgIpc) is 2.57. The van der Waals surface area contributed by atoms with Gasteiger partial charge < -0.3 is 5.11 Å². The summed E-state index contributed by atoms with van der Waals surface area (Å²) in [6.07, 6.45) is 8.82. The second-order valence-corrected chi connectivity index (χ2v) is 6.85. The molecule has 2 aromatic rings. The fraction of sp³-hybridized carbons (Fsp3) is 0.500. The van der Waals surface area contributed by atoms with Crippen LogP contribution in [0.4, 0.5) is 0 Å². The van der Waals surface area contributed by atoms with Gasteiger partial charge >= 0.3 is 0 Å². The second-order valence-electron chi connectivity index (χ2n) is 6.85. The second kappa shape index (κ2) is 6.69. The van der Waals surface area contributed by atoms with Crippen LogP contribution in [0.5, 0.6) is 5.75 Å². The van der Waals surface area contributed by atoms with Crippen LogP contribution in [-0.2, 0) is 6.42 Å². The molecule has 0 bridgehead atoms. The highest BCUT2D eigenvalue weighted by Gasteiger charge is 2.20. The third kappa shape index (κ3) is 3.39. The summed E-state index contributed by atoms with van der Waals surface area (Å²) in [5, 5.41) is 10.2. The lowest BCUT2D eigenvalue weighted by Crippen LogP contribution is -2.09. The zero-order valence-corrected chi connectivity index (χ0v) is 14.4. The molecule has 1 aliphatic rings. The lowest BCUT2D eigenvalue weighted by Gasteiger charge is -2.22. The summed E-state index contributed by atoms with van der Waals surface area (Å²) in [4.78, 5) is 9.31. The summed E-state index contributed by atoms with van der Waals surface area (Å²) in [5.41, 5.74) is 6.78. The van der Waals surface area contributed by atoms with Crippen LogP contribution in [0.2, 0.25) is 0 Å². The van der Waals surface area contributed by atoms with Crippen LogP contribution < -0.4 is 0 Å². The maximum Gasteiger partial charge on any atom is 0.137 e. The van der Waals surface area contributed by atoms with Gasteiger partial charge in [0.1, 0.15) is 5.75 Å².